The molecule has 0 saturated heterocycles. The van der Waals surface area contributed by atoms with E-state index in [4.69, 9.17) is 5.11 Å². The number of rotatable bonds is 4. The minimum absolute atomic E-state index is 0.350. The monoisotopic (exact) mass is 250 g/mol. The van der Waals surface area contributed by atoms with Gasteiger partial charge in [0.1, 0.15) is 6.04 Å². The lowest BCUT2D eigenvalue weighted by Gasteiger charge is -2.21. The highest BCUT2D eigenvalue weighted by molar-refractivity contribution is 5.93. The number of amides is 2. The Labute approximate surface area is 106 Å². The van der Waals surface area contributed by atoms with E-state index in [-0.39, 0.29) is 0 Å². The molecule has 0 aliphatic heterocycles. The molecule has 1 rings (SSSR count). The molecule has 2 amide bonds. The van der Waals surface area contributed by atoms with Crippen LogP contribution in [0.25, 0.3) is 0 Å². The Balaban J connectivity index is 2.72. The van der Waals surface area contributed by atoms with Crippen molar-refractivity contribution in [2.24, 2.45) is 0 Å². The van der Waals surface area contributed by atoms with E-state index < -0.39 is 18.0 Å². The van der Waals surface area contributed by atoms with Crippen molar-refractivity contribution < 1.29 is 14.7 Å². The van der Waals surface area contributed by atoms with Crippen molar-refractivity contribution in [1.82, 2.24) is 5.32 Å². The molecule has 1 aromatic rings. The van der Waals surface area contributed by atoms with Crippen LogP contribution in [0, 0.1) is 6.92 Å². The van der Waals surface area contributed by atoms with E-state index in [2.05, 4.69) is 5.32 Å². The second kappa shape index (κ2) is 6.05. The summed E-state index contributed by atoms with van der Waals surface area (Å²) in [5, 5.41) is 11.3. The smallest absolute Gasteiger partial charge is 0.326 e. The van der Waals surface area contributed by atoms with E-state index in [0.29, 0.717) is 6.42 Å². The van der Waals surface area contributed by atoms with Crippen molar-refractivity contribution in [2.75, 3.05) is 11.9 Å². The number of aryl methyl sites for hydroxylation is 1. The van der Waals surface area contributed by atoms with Crippen LogP contribution in [-0.4, -0.2) is 30.2 Å². The molecule has 0 aliphatic carbocycles. The van der Waals surface area contributed by atoms with E-state index in [0.717, 1.165) is 11.3 Å². The van der Waals surface area contributed by atoms with Crippen molar-refractivity contribution in [2.45, 2.75) is 26.3 Å². The van der Waals surface area contributed by atoms with Gasteiger partial charge in [0.2, 0.25) is 0 Å². The predicted molar refractivity (Wildman–Crippen MR) is 69.8 cm³/mol. The molecule has 0 radical (unpaired) electrons. The summed E-state index contributed by atoms with van der Waals surface area (Å²) in [5.74, 6) is -1.02. The lowest BCUT2D eigenvalue weighted by molar-refractivity contribution is -0.139. The molecule has 1 unspecified atom stereocenters. The second-order valence-electron chi connectivity index (χ2n) is 4.14. The molecule has 1 aromatic carbocycles. The molecule has 98 valence electrons. The SMILES string of the molecule is CCC(NC(=O)N(C)c1ccc(C)cc1)C(=O)O. The van der Waals surface area contributed by atoms with Crippen LogP contribution >= 0.6 is 0 Å². The first kappa shape index (κ1) is 14.0. The van der Waals surface area contributed by atoms with Gasteiger partial charge in [-0.1, -0.05) is 24.6 Å². The maximum absolute atomic E-state index is 11.9. The number of carboxylic acid groups (broad SMARTS) is 1. The van der Waals surface area contributed by atoms with Crippen molar-refractivity contribution in [1.29, 1.82) is 0 Å². The highest BCUT2D eigenvalue weighted by atomic mass is 16.4. The third-order valence-electron chi connectivity index (χ3n) is 2.73. The molecule has 0 saturated carbocycles. The summed E-state index contributed by atoms with van der Waals surface area (Å²) >= 11 is 0. The maximum Gasteiger partial charge on any atom is 0.326 e. The molecule has 1 atom stereocenters. The highest BCUT2D eigenvalue weighted by Crippen LogP contribution is 2.13. The van der Waals surface area contributed by atoms with Crippen LogP contribution in [-0.2, 0) is 4.79 Å². The Morgan fingerprint density at radius 2 is 1.89 bits per heavy atom. The number of carbonyl (C=O) groups excluding carboxylic acids is 1. The number of anilines is 1. The number of carboxylic acids is 1. The first-order valence-corrected chi connectivity index (χ1v) is 5.79. The largest absolute Gasteiger partial charge is 0.480 e. The van der Waals surface area contributed by atoms with Gasteiger partial charge in [-0.2, -0.15) is 0 Å². The summed E-state index contributed by atoms with van der Waals surface area (Å²) in [6.07, 6.45) is 0.350. The van der Waals surface area contributed by atoms with Crippen LogP contribution in [0.4, 0.5) is 10.5 Å². The van der Waals surface area contributed by atoms with Gasteiger partial charge in [-0.3, -0.25) is 4.90 Å². The van der Waals surface area contributed by atoms with Crippen molar-refractivity contribution in [3.8, 4) is 0 Å². The average molecular weight is 250 g/mol. The summed E-state index contributed by atoms with van der Waals surface area (Å²) in [6.45, 7) is 3.67. The first-order chi connectivity index (χ1) is 8.45. The summed E-state index contributed by atoms with van der Waals surface area (Å²) in [4.78, 5) is 24.1. The number of aliphatic carboxylic acids is 1. The molecule has 0 aliphatic rings. The van der Waals surface area contributed by atoms with E-state index in [1.807, 2.05) is 31.2 Å². The van der Waals surface area contributed by atoms with E-state index in [9.17, 15) is 9.59 Å². The molecule has 0 bridgehead atoms. The Morgan fingerprint density at radius 1 is 1.33 bits per heavy atom. The van der Waals surface area contributed by atoms with Crippen molar-refractivity contribution >= 4 is 17.7 Å². The third kappa shape index (κ3) is 3.48. The Morgan fingerprint density at radius 3 is 2.33 bits per heavy atom. The molecule has 5 heteroatoms. The van der Waals surface area contributed by atoms with Gasteiger partial charge in [0.05, 0.1) is 0 Å². The van der Waals surface area contributed by atoms with Crippen molar-refractivity contribution in [3.63, 3.8) is 0 Å². The van der Waals surface area contributed by atoms with Crippen LogP contribution in [0.3, 0.4) is 0 Å². The Bertz CT molecular complexity index is 428. The number of hydrogen-bond donors (Lipinski definition) is 2. The number of hydrogen-bond acceptors (Lipinski definition) is 2. The fourth-order valence-corrected chi connectivity index (χ4v) is 1.47. The number of urea groups is 1. The van der Waals surface area contributed by atoms with Gasteiger partial charge in [-0.25, -0.2) is 9.59 Å². The normalized spacial score (nSPS) is 11.7. The number of carbonyl (C=O) groups is 2. The van der Waals surface area contributed by atoms with Gasteiger partial charge in [0.25, 0.3) is 0 Å². The van der Waals surface area contributed by atoms with Gasteiger partial charge in [-0.05, 0) is 25.5 Å². The zero-order valence-corrected chi connectivity index (χ0v) is 10.8. The van der Waals surface area contributed by atoms with Gasteiger partial charge < -0.3 is 10.4 Å². The van der Waals surface area contributed by atoms with Crippen LogP contribution in [0.1, 0.15) is 18.9 Å². The Kier molecular flexibility index (Phi) is 4.71. The van der Waals surface area contributed by atoms with Crippen LogP contribution < -0.4 is 10.2 Å². The molecule has 2 N–H and O–H groups in total. The number of nitrogens with one attached hydrogen (secondary N) is 1. The molecule has 0 fully saturated rings. The zero-order valence-electron chi connectivity index (χ0n) is 10.8. The van der Waals surface area contributed by atoms with E-state index in [1.54, 1.807) is 14.0 Å². The lowest BCUT2D eigenvalue weighted by atomic mass is 10.2. The lowest BCUT2D eigenvalue weighted by Crippen LogP contribution is -2.46. The van der Waals surface area contributed by atoms with Gasteiger partial charge >= 0.3 is 12.0 Å². The molecule has 0 aromatic heterocycles. The highest BCUT2D eigenvalue weighted by Gasteiger charge is 2.20. The maximum atomic E-state index is 11.9. The first-order valence-electron chi connectivity index (χ1n) is 5.79. The van der Waals surface area contributed by atoms with Crippen molar-refractivity contribution in [3.05, 3.63) is 29.8 Å². The van der Waals surface area contributed by atoms with Crippen LogP contribution in [0.5, 0.6) is 0 Å². The molecule has 5 nitrogen and oxygen atoms in total. The molecule has 18 heavy (non-hydrogen) atoms. The summed E-state index contributed by atoms with van der Waals surface area (Å²) in [7, 11) is 1.61. The summed E-state index contributed by atoms with van der Waals surface area (Å²) in [6, 6.07) is 6.15. The molecular formula is C13H18N2O3. The fraction of sp³-hybridized carbons (Fsp3) is 0.385. The van der Waals surface area contributed by atoms with Crippen LogP contribution in [0.15, 0.2) is 24.3 Å². The molecular weight excluding hydrogens is 232 g/mol. The minimum atomic E-state index is -1.02. The van der Waals surface area contributed by atoms with E-state index >= 15 is 0 Å². The van der Waals surface area contributed by atoms with Gasteiger partial charge in [-0.15, -0.1) is 0 Å². The van der Waals surface area contributed by atoms with Gasteiger partial charge in [0, 0.05) is 12.7 Å². The number of benzene rings is 1. The quantitative estimate of drug-likeness (QED) is 0.858. The second-order valence-corrected chi connectivity index (χ2v) is 4.14. The van der Waals surface area contributed by atoms with Gasteiger partial charge in [0.15, 0.2) is 0 Å². The van der Waals surface area contributed by atoms with Crippen LogP contribution in [0.2, 0.25) is 0 Å². The average Bonchev–Trinajstić information content (AvgIpc) is 2.35. The molecule has 0 spiro atoms. The van der Waals surface area contributed by atoms with E-state index in [1.165, 1.54) is 4.90 Å². The minimum Gasteiger partial charge on any atom is -0.480 e. The number of nitrogens with zero attached hydrogens (tertiary/aromatic N) is 1. The third-order valence-corrected chi connectivity index (χ3v) is 2.73. The topological polar surface area (TPSA) is 69.6 Å². The fourth-order valence-electron chi connectivity index (χ4n) is 1.47. The summed E-state index contributed by atoms with van der Waals surface area (Å²) < 4.78 is 0. The standard InChI is InChI=1S/C13H18N2O3/c1-4-11(12(16)17)14-13(18)15(3)10-7-5-9(2)6-8-10/h5-8,11H,4H2,1-3H3,(H,14,18)(H,16,17). The summed E-state index contributed by atoms with van der Waals surface area (Å²) in [5.41, 5.74) is 1.82. The molecule has 0 heterocycles. The Hall–Kier alpha value is -2.04. The predicted octanol–water partition coefficient (Wildman–Crippen LogP) is 2.00. The zero-order chi connectivity index (χ0) is 13.7.